The molecule has 1 rings (SSSR count). The summed E-state index contributed by atoms with van der Waals surface area (Å²) in [5.74, 6) is -0.0261. The third-order valence-corrected chi connectivity index (χ3v) is 2.04. The van der Waals surface area contributed by atoms with E-state index in [9.17, 15) is 10.2 Å². The Bertz CT molecular complexity index is 253. The summed E-state index contributed by atoms with van der Waals surface area (Å²) in [6.45, 7) is 3.13. The van der Waals surface area contributed by atoms with Gasteiger partial charge in [-0.25, -0.2) is 0 Å². The van der Waals surface area contributed by atoms with Gasteiger partial charge in [0.2, 0.25) is 0 Å². The van der Waals surface area contributed by atoms with Crippen LogP contribution in [0.4, 0.5) is 0 Å². The molecule has 2 unspecified atom stereocenters. The average Bonchev–Trinajstić information content (AvgIpc) is 2.18. The molecule has 0 aromatic carbocycles. The van der Waals surface area contributed by atoms with Crippen LogP contribution in [0.2, 0.25) is 0 Å². The Morgan fingerprint density at radius 3 is 2.53 bits per heavy atom. The van der Waals surface area contributed by atoms with Gasteiger partial charge in [0.05, 0.1) is 12.7 Å². The van der Waals surface area contributed by atoms with Crippen molar-refractivity contribution in [2.24, 2.45) is 5.73 Å². The van der Waals surface area contributed by atoms with Gasteiger partial charge in [-0.05, 0) is 13.8 Å². The largest absolute Gasteiger partial charge is 0.461 e. The molecule has 0 aliphatic carbocycles. The minimum absolute atomic E-state index is 0.0261. The summed E-state index contributed by atoms with van der Waals surface area (Å²) in [6, 6.07) is 0. The van der Waals surface area contributed by atoms with E-state index in [0.717, 1.165) is 0 Å². The molecular formula is C9H17NO5. The number of hydrogen-bond donors (Lipinski definition) is 4. The van der Waals surface area contributed by atoms with Gasteiger partial charge in [0.1, 0.15) is 17.9 Å². The third-order valence-electron chi connectivity index (χ3n) is 2.04. The maximum absolute atomic E-state index is 9.53. The predicted octanol–water partition coefficient (Wildman–Crippen LogP) is -1.35. The molecule has 1 aliphatic heterocycles. The van der Waals surface area contributed by atoms with E-state index in [1.54, 1.807) is 13.8 Å². The van der Waals surface area contributed by atoms with Crippen molar-refractivity contribution in [3.63, 3.8) is 0 Å². The van der Waals surface area contributed by atoms with Crippen molar-refractivity contribution >= 4 is 0 Å². The monoisotopic (exact) mass is 219 g/mol. The van der Waals surface area contributed by atoms with Crippen LogP contribution in [0.25, 0.3) is 0 Å². The standard InChI is InChI=1S/C9H17NO5/c1-4(2)14-9-6(10)8(13)7(12)5(3-11)15-9/h4-5,7-8,11-13H,3,10H2,1-2H3/t5?,7-,8?/m1/s1. The molecule has 0 bridgehead atoms. The van der Waals surface area contributed by atoms with E-state index in [2.05, 4.69) is 0 Å². The van der Waals surface area contributed by atoms with Crippen LogP contribution in [0.3, 0.4) is 0 Å². The van der Waals surface area contributed by atoms with Crippen molar-refractivity contribution in [2.45, 2.75) is 38.3 Å². The fourth-order valence-corrected chi connectivity index (χ4v) is 1.24. The summed E-state index contributed by atoms with van der Waals surface area (Å²) < 4.78 is 10.3. The lowest BCUT2D eigenvalue weighted by atomic mass is 10.0. The van der Waals surface area contributed by atoms with Crippen LogP contribution in [0, 0.1) is 0 Å². The zero-order valence-electron chi connectivity index (χ0n) is 8.75. The fraction of sp³-hybridized carbons (Fsp3) is 0.778. The minimum Gasteiger partial charge on any atom is -0.461 e. The number of nitrogens with two attached hydrogens (primary N) is 1. The molecule has 0 fully saturated rings. The highest BCUT2D eigenvalue weighted by molar-refractivity contribution is 5.12. The van der Waals surface area contributed by atoms with E-state index in [1.807, 2.05) is 0 Å². The minimum atomic E-state index is -1.27. The van der Waals surface area contributed by atoms with Gasteiger partial charge in [-0.3, -0.25) is 0 Å². The molecule has 0 aromatic rings. The van der Waals surface area contributed by atoms with Crippen molar-refractivity contribution in [3.05, 3.63) is 11.6 Å². The second-order valence-electron chi connectivity index (χ2n) is 3.68. The van der Waals surface area contributed by atoms with Gasteiger partial charge in [-0.15, -0.1) is 0 Å². The Kier molecular flexibility index (Phi) is 3.78. The maximum Gasteiger partial charge on any atom is 0.302 e. The Balaban J connectivity index is 2.84. The van der Waals surface area contributed by atoms with Crippen molar-refractivity contribution in [2.75, 3.05) is 6.61 Å². The van der Waals surface area contributed by atoms with Gasteiger partial charge in [-0.1, -0.05) is 0 Å². The second kappa shape index (κ2) is 4.69. The van der Waals surface area contributed by atoms with Gasteiger partial charge in [0.15, 0.2) is 6.10 Å². The zero-order chi connectivity index (χ0) is 11.6. The van der Waals surface area contributed by atoms with Crippen LogP contribution in [0.15, 0.2) is 11.6 Å². The molecular weight excluding hydrogens is 202 g/mol. The van der Waals surface area contributed by atoms with Crippen LogP contribution in [0.1, 0.15) is 13.8 Å². The Morgan fingerprint density at radius 1 is 1.47 bits per heavy atom. The van der Waals surface area contributed by atoms with Crippen molar-refractivity contribution in [3.8, 4) is 0 Å². The third kappa shape index (κ3) is 2.53. The van der Waals surface area contributed by atoms with Gasteiger partial charge in [0.25, 0.3) is 0 Å². The van der Waals surface area contributed by atoms with Crippen LogP contribution in [-0.4, -0.2) is 46.3 Å². The number of aliphatic hydroxyl groups is 3. The first-order valence-corrected chi connectivity index (χ1v) is 4.77. The summed E-state index contributed by atoms with van der Waals surface area (Å²) in [6.07, 6.45) is -3.60. The molecule has 1 aliphatic rings. The summed E-state index contributed by atoms with van der Waals surface area (Å²) in [5.41, 5.74) is 5.46. The quantitative estimate of drug-likeness (QED) is 0.468. The molecule has 0 amide bonds. The van der Waals surface area contributed by atoms with E-state index in [1.165, 1.54) is 0 Å². The normalized spacial score (nSPS) is 31.7. The summed E-state index contributed by atoms with van der Waals surface area (Å²) in [7, 11) is 0. The molecule has 0 saturated heterocycles. The average molecular weight is 219 g/mol. The van der Waals surface area contributed by atoms with E-state index in [0.29, 0.717) is 0 Å². The lowest BCUT2D eigenvalue weighted by Gasteiger charge is -2.33. The van der Waals surface area contributed by atoms with Crippen molar-refractivity contribution in [1.29, 1.82) is 0 Å². The number of aliphatic hydroxyl groups excluding tert-OH is 3. The number of rotatable bonds is 3. The molecule has 88 valence electrons. The summed E-state index contributed by atoms with van der Waals surface area (Å²) >= 11 is 0. The molecule has 0 radical (unpaired) electrons. The van der Waals surface area contributed by atoms with Crippen molar-refractivity contribution in [1.82, 2.24) is 0 Å². The number of hydrogen-bond acceptors (Lipinski definition) is 6. The zero-order valence-corrected chi connectivity index (χ0v) is 8.75. The molecule has 3 atom stereocenters. The van der Waals surface area contributed by atoms with Gasteiger partial charge in [-0.2, -0.15) is 0 Å². The molecule has 0 saturated carbocycles. The van der Waals surface area contributed by atoms with Gasteiger partial charge < -0.3 is 30.5 Å². The van der Waals surface area contributed by atoms with E-state index >= 15 is 0 Å². The molecule has 6 nitrogen and oxygen atoms in total. The molecule has 1 heterocycles. The molecule has 6 heteroatoms. The predicted molar refractivity (Wildman–Crippen MR) is 51.4 cm³/mol. The van der Waals surface area contributed by atoms with Crippen LogP contribution in [-0.2, 0) is 9.47 Å². The van der Waals surface area contributed by atoms with E-state index in [4.69, 9.17) is 20.3 Å². The fourth-order valence-electron chi connectivity index (χ4n) is 1.24. The molecule has 0 spiro atoms. The SMILES string of the molecule is CC(C)OC1=C(N)C(O)[C@H](O)C(CO)O1. The summed E-state index contributed by atoms with van der Waals surface area (Å²) in [4.78, 5) is 0. The first kappa shape index (κ1) is 12.1. The second-order valence-corrected chi connectivity index (χ2v) is 3.68. The molecule has 5 N–H and O–H groups in total. The Hall–Kier alpha value is -0.980. The lowest BCUT2D eigenvalue weighted by molar-refractivity contribution is -0.140. The van der Waals surface area contributed by atoms with Crippen molar-refractivity contribution < 1.29 is 24.8 Å². The highest BCUT2D eigenvalue weighted by Gasteiger charge is 2.37. The van der Waals surface area contributed by atoms with E-state index in [-0.39, 0.29) is 17.7 Å². The van der Waals surface area contributed by atoms with Gasteiger partial charge >= 0.3 is 5.95 Å². The number of ether oxygens (including phenoxy) is 2. The molecule has 0 aromatic heterocycles. The van der Waals surface area contributed by atoms with Crippen LogP contribution < -0.4 is 5.73 Å². The topological polar surface area (TPSA) is 105 Å². The highest BCUT2D eigenvalue weighted by atomic mass is 16.7. The Morgan fingerprint density at radius 2 is 2.07 bits per heavy atom. The first-order chi connectivity index (χ1) is 6.97. The van der Waals surface area contributed by atoms with Crippen LogP contribution in [0.5, 0.6) is 0 Å². The summed E-state index contributed by atoms with van der Waals surface area (Å²) in [5, 5.41) is 27.9. The van der Waals surface area contributed by atoms with Gasteiger partial charge in [0, 0.05) is 0 Å². The Labute approximate surface area is 87.9 Å². The maximum atomic E-state index is 9.53. The first-order valence-electron chi connectivity index (χ1n) is 4.77. The van der Waals surface area contributed by atoms with E-state index < -0.39 is 24.9 Å². The van der Waals surface area contributed by atoms with Crippen LogP contribution >= 0.6 is 0 Å². The molecule has 15 heavy (non-hydrogen) atoms. The lowest BCUT2D eigenvalue weighted by Crippen LogP contribution is -2.48. The highest BCUT2D eigenvalue weighted by Crippen LogP contribution is 2.23. The smallest absolute Gasteiger partial charge is 0.302 e.